The minimum Gasteiger partial charge on any atom is -0.373 e. The number of rotatable bonds is 8. The van der Waals surface area contributed by atoms with Crippen LogP contribution in [-0.2, 0) is 12.1 Å². The Hall–Kier alpha value is -2.16. The SMILES string of the molecule is N#CCC1(n2cc(C(N)=O)c(NC(O)C3CC3)n2)CCN(Cc2ccc(I)cc2)CC1. The Balaban J connectivity index is 1.51. The molecule has 1 aliphatic carbocycles. The highest BCUT2D eigenvalue weighted by Gasteiger charge is 2.39. The maximum atomic E-state index is 12.0. The standard InChI is InChI=1S/C22H27IN6O2/c23-17-5-1-15(2-6-17)13-28-11-8-22(7-10-24,9-12-28)29-14-18(19(25)30)20(27-29)26-21(31)16-3-4-16/h1-2,5-6,14,16,21,31H,3-4,7-9,11-13H2,(H2,25,30)(H,26,27). The number of nitrogens with one attached hydrogen (secondary N) is 1. The molecule has 0 radical (unpaired) electrons. The molecule has 164 valence electrons. The van der Waals surface area contributed by atoms with E-state index in [-0.39, 0.29) is 11.5 Å². The van der Waals surface area contributed by atoms with Gasteiger partial charge in [-0.15, -0.1) is 0 Å². The van der Waals surface area contributed by atoms with Crippen molar-refractivity contribution in [2.24, 2.45) is 11.7 Å². The van der Waals surface area contributed by atoms with E-state index in [2.05, 4.69) is 68.2 Å². The van der Waals surface area contributed by atoms with Crippen molar-refractivity contribution in [1.29, 1.82) is 5.26 Å². The molecule has 1 atom stereocenters. The van der Waals surface area contributed by atoms with Crippen LogP contribution in [0.3, 0.4) is 0 Å². The van der Waals surface area contributed by atoms with Gasteiger partial charge in [0.1, 0.15) is 11.8 Å². The molecule has 4 rings (SSSR count). The van der Waals surface area contributed by atoms with Gasteiger partial charge in [0.25, 0.3) is 5.91 Å². The highest BCUT2D eigenvalue weighted by molar-refractivity contribution is 14.1. The van der Waals surface area contributed by atoms with Crippen LogP contribution in [0.25, 0.3) is 0 Å². The number of nitrogens with two attached hydrogens (primary N) is 1. The van der Waals surface area contributed by atoms with Gasteiger partial charge in [-0.05, 0) is 66.0 Å². The second-order valence-corrected chi connectivity index (χ2v) is 9.83. The van der Waals surface area contributed by atoms with Crippen LogP contribution in [-0.4, -0.2) is 45.0 Å². The fraction of sp³-hybridized carbons (Fsp3) is 0.500. The van der Waals surface area contributed by atoms with E-state index in [1.165, 1.54) is 9.13 Å². The van der Waals surface area contributed by atoms with E-state index in [1.807, 2.05) is 0 Å². The lowest BCUT2D eigenvalue weighted by Crippen LogP contribution is -2.46. The van der Waals surface area contributed by atoms with Crippen LogP contribution in [0.2, 0.25) is 0 Å². The molecule has 0 bridgehead atoms. The zero-order chi connectivity index (χ0) is 22.0. The third kappa shape index (κ3) is 5.02. The molecule has 2 aliphatic rings. The number of hydrogen-bond acceptors (Lipinski definition) is 6. The number of nitriles is 1. The molecule has 2 fully saturated rings. The quantitative estimate of drug-likeness (QED) is 0.354. The average Bonchev–Trinajstić information content (AvgIpc) is 3.51. The highest BCUT2D eigenvalue weighted by Crippen LogP contribution is 2.36. The monoisotopic (exact) mass is 534 g/mol. The number of benzene rings is 1. The lowest BCUT2D eigenvalue weighted by molar-refractivity contribution is 0.0966. The Labute approximate surface area is 195 Å². The van der Waals surface area contributed by atoms with Gasteiger partial charge in [-0.3, -0.25) is 14.4 Å². The van der Waals surface area contributed by atoms with Gasteiger partial charge in [0, 0.05) is 35.3 Å². The summed E-state index contributed by atoms with van der Waals surface area (Å²) in [4.78, 5) is 14.4. The highest BCUT2D eigenvalue weighted by atomic mass is 127. The van der Waals surface area contributed by atoms with Crippen molar-refractivity contribution in [2.75, 3.05) is 18.4 Å². The molecule has 1 aromatic carbocycles. The largest absolute Gasteiger partial charge is 0.373 e. The average molecular weight is 534 g/mol. The van der Waals surface area contributed by atoms with Gasteiger partial charge in [0.05, 0.1) is 18.0 Å². The Morgan fingerprint density at radius 3 is 2.61 bits per heavy atom. The van der Waals surface area contributed by atoms with Crippen molar-refractivity contribution in [3.63, 3.8) is 0 Å². The Morgan fingerprint density at radius 1 is 1.35 bits per heavy atom. The first-order chi connectivity index (χ1) is 14.9. The molecule has 9 heteroatoms. The Kier molecular flexibility index (Phi) is 6.50. The van der Waals surface area contributed by atoms with Gasteiger partial charge < -0.3 is 16.2 Å². The van der Waals surface area contributed by atoms with Crippen molar-refractivity contribution in [3.05, 3.63) is 45.2 Å². The number of carbonyl (C=O) groups is 1. The molecule has 1 saturated heterocycles. The smallest absolute Gasteiger partial charge is 0.254 e. The zero-order valence-corrected chi connectivity index (χ0v) is 19.5. The second kappa shape index (κ2) is 9.14. The van der Waals surface area contributed by atoms with E-state index >= 15 is 0 Å². The molecule has 0 spiro atoms. The summed E-state index contributed by atoms with van der Waals surface area (Å²) in [6, 6.07) is 10.8. The summed E-state index contributed by atoms with van der Waals surface area (Å²) in [5.74, 6) is -0.117. The van der Waals surface area contributed by atoms with Crippen molar-refractivity contribution in [3.8, 4) is 6.07 Å². The number of likely N-dealkylation sites (tertiary alicyclic amines) is 1. The van der Waals surface area contributed by atoms with Crippen LogP contribution in [0.1, 0.15) is 48.0 Å². The van der Waals surface area contributed by atoms with E-state index < -0.39 is 17.7 Å². The van der Waals surface area contributed by atoms with Crippen LogP contribution in [0.15, 0.2) is 30.5 Å². The number of amides is 1. The molecule has 8 nitrogen and oxygen atoms in total. The van der Waals surface area contributed by atoms with Gasteiger partial charge in [-0.25, -0.2) is 0 Å². The number of nitrogens with zero attached hydrogens (tertiary/aromatic N) is 4. The number of primary amides is 1. The van der Waals surface area contributed by atoms with Gasteiger partial charge in [-0.2, -0.15) is 10.4 Å². The zero-order valence-electron chi connectivity index (χ0n) is 17.3. The number of halogens is 1. The van der Waals surface area contributed by atoms with Gasteiger partial charge in [0.15, 0.2) is 5.82 Å². The van der Waals surface area contributed by atoms with Gasteiger partial charge in [0.2, 0.25) is 0 Å². The number of piperidine rings is 1. The summed E-state index contributed by atoms with van der Waals surface area (Å²) >= 11 is 2.30. The lowest BCUT2D eigenvalue weighted by Gasteiger charge is -2.40. The molecule has 31 heavy (non-hydrogen) atoms. The van der Waals surface area contributed by atoms with Crippen molar-refractivity contribution >= 4 is 34.3 Å². The summed E-state index contributed by atoms with van der Waals surface area (Å²) in [6.45, 7) is 2.52. The fourth-order valence-electron chi connectivity index (χ4n) is 4.18. The van der Waals surface area contributed by atoms with E-state index in [9.17, 15) is 15.2 Å². The topological polar surface area (TPSA) is 120 Å². The van der Waals surface area contributed by atoms with Crippen LogP contribution >= 0.6 is 22.6 Å². The van der Waals surface area contributed by atoms with E-state index in [1.54, 1.807) is 10.9 Å². The van der Waals surface area contributed by atoms with Gasteiger partial charge in [-0.1, -0.05) is 12.1 Å². The third-order valence-corrected chi connectivity index (χ3v) is 7.05. The van der Waals surface area contributed by atoms with Crippen molar-refractivity contribution < 1.29 is 9.90 Å². The number of aromatic nitrogens is 2. The molecule has 1 saturated carbocycles. The number of anilines is 1. The molecule has 2 aromatic rings. The summed E-state index contributed by atoms with van der Waals surface area (Å²) in [7, 11) is 0. The van der Waals surface area contributed by atoms with Crippen LogP contribution in [0.4, 0.5) is 5.82 Å². The molecular formula is C22H27IN6O2. The normalized spacial score (nSPS) is 19.5. The molecule has 1 aliphatic heterocycles. The predicted octanol–water partition coefficient (Wildman–Crippen LogP) is 2.63. The van der Waals surface area contributed by atoms with E-state index in [0.29, 0.717) is 12.2 Å². The molecule has 2 heterocycles. The molecule has 1 aromatic heterocycles. The Bertz CT molecular complexity index is 971. The van der Waals surface area contributed by atoms with Crippen LogP contribution < -0.4 is 11.1 Å². The third-order valence-electron chi connectivity index (χ3n) is 6.33. The predicted molar refractivity (Wildman–Crippen MR) is 125 cm³/mol. The summed E-state index contributed by atoms with van der Waals surface area (Å²) in [6.07, 6.45) is 4.59. The first-order valence-corrected chi connectivity index (χ1v) is 11.7. The van der Waals surface area contributed by atoms with Crippen LogP contribution in [0, 0.1) is 20.8 Å². The van der Waals surface area contributed by atoms with Gasteiger partial charge >= 0.3 is 0 Å². The minimum atomic E-state index is -0.746. The molecule has 4 N–H and O–H groups in total. The van der Waals surface area contributed by atoms with Crippen LogP contribution in [0.5, 0.6) is 0 Å². The fourth-order valence-corrected chi connectivity index (χ4v) is 4.54. The van der Waals surface area contributed by atoms with E-state index in [4.69, 9.17) is 5.73 Å². The maximum Gasteiger partial charge on any atom is 0.254 e. The number of aliphatic hydroxyl groups excluding tert-OH is 1. The number of carbonyl (C=O) groups excluding carboxylic acids is 1. The molecular weight excluding hydrogens is 507 g/mol. The Morgan fingerprint density at radius 2 is 2.03 bits per heavy atom. The van der Waals surface area contributed by atoms with Crippen molar-refractivity contribution in [2.45, 2.75) is 50.4 Å². The summed E-state index contributed by atoms with van der Waals surface area (Å²) in [5.41, 5.74) is 6.59. The second-order valence-electron chi connectivity index (χ2n) is 8.59. The van der Waals surface area contributed by atoms with Crippen molar-refractivity contribution in [1.82, 2.24) is 14.7 Å². The number of aliphatic hydroxyl groups is 1. The maximum absolute atomic E-state index is 12.0. The summed E-state index contributed by atoms with van der Waals surface area (Å²) < 4.78 is 2.95. The molecule has 1 amide bonds. The summed E-state index contributed by atoms with van der Waals surface area (Å²) in [5, 5.41) is 27.3. The minimum absolute atomic E-state index is 0.184. The molecule has 1 unspecified atom stereocenters. The lowest BCUT2D eigenvalue weighted by atomic mass is 9.84. The van der Waals surface area contributed by atoms with E-state index in [0.717, 1.165) is 45.3 Å². The first-order valence-electron chi connectivity index (χ1n) is 10.6. The first kappa shape index (κ1) is 22.0. The number of hydrogen-bond donors (Lipinski definition) is 3.